The van der Waals surface area contributed by atoms with Crippen molar-refractivity contribution in [1.82, 2.24) is 15.0 Å². The maximum absolute atomic E-state index is 4.15. The number of hydrogen-bond donors (Lipinski definition) is 0. The Morgan fingerprint density at radius 1 is 1.06 bits per heavy atom. The Bertz CT molecular complexity index is 569. The summed E-state index contributed by atoms with van der Waals surface area (Å²) in [7, 11) is 0. The number of nitrogens with zero attached hydrogens (tertiary/aromatic N) is 3. The van der Waals surface area contributed by atoms with Crippen molar-refractivity contribution >= 4 is 11.3 Å². The molecule has 0 radical (unpaired) electrons. The van der Waals surface area contributed by atoms with Gasteiger partial charge in [-0.2, -0.15) is 11.3 Å². The Hall–Kier alpha value is -1.94. The molecule has 0 aliphatic heterocycles. The number of para-hydroxylation sites is 1. The lowest BCUT2D eigenvalue weighted by atomic mass is 10.3. The average Bonchev–Trinajstić information content (AvgIpc) is 3.01. The molecule has 3 aromatic rings. The molecule has 0 spiro atoms. The quantitative estimate of drug-likeness (QED) is 0.673. The fourth-order valence-corrected chi connectivity index (χ4v) is 2.16. The standard InChI is InChI=1S/C12H9N3S/c1-2-4-11(5-3-1)15-8-12(13-14-15)10-6-7-16-9-10/h1-9H. The minimum atomic E-state index is 0.908. The van der Waals surface area contributed by atoms with Crippen LogP contribution >= 0.6 is 11.3 Å². The van der Waals surface area contributed by atoms with Crippen LogP contribution in [0.25, 0.3) is 16.9 Å². The van der Waals surface area contributed by atoms with Gasteiger partial charge in [-0.25, -0.2) is 4.68 Å². The minimum Gasteiger partial charge on any atom is -0.220 e. The highest BCUT2D eigenvalue weighted by Crippen LogP contribution is 2.19. The van der Waals surface area contributed by atoms with E-state index in [-0.39, 0.29) is 0 Å². The van der Waals surface area contributed by atoms with Gasteiger partial charge in [0.15, 0.2) is 0 Å². The summed E-state index contributed by atoms with van der Waals surface area (Å²) in [5.74, 6) is 0. The van der Waals surface area contributed by atoms with Gasteiger partial charge in [-0.1, -0.05) is 23.4 Å². The van der Waals surface area contributed by atoms with Gasteiger partial charge in [-0.3, -0.25) is 0 Å². The van der Waals surface area contributed by atoms with Crippen molar-refractivity contribution in [2.45, 2.75) is 0 Å². The van der Waals surface area contributed by atoms with Crippen molar-refractivity contribution < 1.29 is 0 Å². The van der Waals surface area contributed by atoms with Gasteiger partial charge in [-0.05, 0) is 23.6 Å². The summed E-state index contributed by atoms with van der Waals surface area (Å²) in [4.78, 5) is 0. The molecular formula is C12H9N3S. The van der Waals surface area contributed by atoms with Crippen molar-refractivity contribution in [2.75, 3.05) is 0 Å². The Labute approximate surface area is 97.0 Å². The highest BCUT2D eigenvalue weighted by Gasteiger charge is 2.04. The molecule has 0 atom stereocenters. The van der Waals surface area contributed by atoms with E-state index in [9.17, 15) is 0 Å². The zero-order valence-electron chi connectivity index (χ0n) is 8.45. The summed E-state index contributed by atoms with van der Waals surface area (Å²) in [6.07, 6.45) is 1.94. The van der Waals surface area contributed by atoms with E-state index in [4.69, 9.17) is 0 Å². The zero-order chi connectivity index (χ0) is 10.8. The zero-order valence-corrected chi connectivity index (χ0v) is 9.26. The molecule has 0 saturated carbocycles. The predicted molar refractivity (Wildman–Crippen MR) is 64.7 cm³/mol. The van der Waals surface area contributed by atoms with E-state index in [2.05, 4.69) is 15.7 Å². The molecule has 0 bridgehead atoms. The second-order valence-electron chi connectivity index (χ2n) is 3.40. The third kappa shape index (κ3) is 1.63. The second-order valence-corrected chi connectivity index (χ2v) is 4.18. The third-order valence-corrected chi connectivity index (χ3v) is 3.01. The van der Waals surface area contributed by atoms with Crippen molar-refractivity contribution in [2.24, 2.45) is 0 Å². The van der Waals surface area contributed by atoms with E-state index in [1.54, 1.807) is 16.0 Å². The number of rotatable bonds is 2. The van der Waals surface area contributed by atoms with Crippen LogP contribution in [0.3, 0.4) is 0 Å². The smallest absolute Gasteiger partial charge is 0.114 e. The molecule has 0 aliphatic carbocycles. The first-order chi connectivity index (χ1) is 7.93. The van der Waals surface area contributed by atoms with Gasteiger partial charge in [-0.15, -0.1) is 5.10 Å². The van der Waals surface area contributed by atoms with Gasteiger partial charge < -0.3 is 0 Å². The first kappa shape index (κ1) is 9.30. The molecule has 78 valence electrons. The molecule has 2 heterocycles. The van der Waals surface area contributed by atoms with E-state index < -0.39 is 0 Å². The molecule has 3 nitrogen and oxygen atoms in total. The number of benzene rings is 1. The Morgan fingerprint density at radius 2 is 1.94 bits per heavy atom. The van der Waals surface area contributed by atoms with E-state index in [1.165, 1.54) is 0 Å². The van der Waals surface area contributed by atoms with Crippen LogP contribution in [0.2, 0.25) is 0 Å². The highest BCUT2D eigenvalue weighted by molar-refractivity contribution is 7.08. The summed E-state index contributed by atoms with van der Waals surface area (Å²) >= 11 is 1.66. The molecule has 2 aromatic heterocycles. The van der Waals surface area contributed by atoms with Crippen LogP contribution in [-0.4, -0.2) is 15.0 Å². The average molecular weight is 227 g/mol. The van der Waals surface area contributed by atoms with Crippen LogP contribution in [0.5, 0.6) is 0 Å². The summed E-state index contributed by atoms with van der Waals surface area (Å²) < 4.78 is 1.78. The fourth-order valence-electron chi connectivity index (χ4n) is 1.51. The summed E-state index contributed by atoms with van der Waals surface area (Å²) in [6, 6.07) is 12.0. The van der Waals surface area contributed by atoms with Crippen molar-refractivity contribution in [1.29, 1.82) is 0 Å². The molecule has 0 unspecified atom stereocenters. The maximum Gasteiger partial charge on any atom is 0.114 e. The van der Waals surface area contributed by atoms with Crippen LogP contribution in [-0.2, 0) is 0 Å². The molecule has 0 fully saturated rings. The predicted octanol–water partition coefficient (Wildman–Crippen LogP) is 3.00. The molecule has 0 amide bonds. The van der Waals surface area contributed by atoms with Crippen LogP contribution in [0.4, 0.5) is 0 Å². The third-order valence-electron chi connectivity index (χ3n) is 2.33. The van der Waals surface area contributed by atoms with Crippen molar-refractivity contribution in [3.8, 4) is 16.9 Å². The number of thiophene rings is 1. The lowest BCUT2D eigenvalue weighted by molar-refractivity contribution is 0.804. The highest BCUT2D eigenvalue weighted by atomic mass is 32.1. The minimum absolute atomic E-state index is 0.908. The molecular weight excluding hydrogens is 218 g/mol. The fraction of sp³-hybridized carbons (Fsp3) is 0. The first-order valence-corrected chi connectivity index (χ1v) is 5.88. The van der Waals surface area contributed by atoms with Gasteiger partial charge in [0.1, 0.15) is 5.69 Å². The molecule has 4 heteroatoms. The van der Waals surface area contributed by atoms with Gasteiger partial charge in [0.25, 0.3) is 0 Å². The van der Waals surface area contributed by atoms with Crippen LogP contribution in [0, 0.1) is 0 Å². The monoisotopic (exact) mass is 227 g/mol. The summed E-state index contributed by atoms with van der Waals surface area (Å²) in [5, 5.41) is 12.4. The Balaban J connectivity index is 2.00. The van der Waals surface area contributed by atoms with E-state index in [1.807, 2.05) is 48.0 Å². The number of aromatic nitrogens is 3. The SMILES string of the molecule is c1ccc(-n2cc(-c3ccsc3)nn2)cc1. The normalized spacial score (nSPS) is 10.5. The lowest BCUT2D eigenvalue weighted by Gasteiger charge is -1.96. The van der Waals surface area contributed by atoms with Crippen LogP contribution < -0.4 is 0 Å². The van der Waals surface area contributed by atoms with E-state index in [0.717, 1.165) is 16.9 Å². The van der Waals surface area contributed by atoms with E-state index in [0.29, 0.717) is 0 Å². The summed E-state index contributed by atoms with van der Waals surface area (Å²) in [6.45, 7) is 0. The van der Waals surface area contributed by atoms with Gasteiger partial charge in [0.05, 0.1) is 11.9 Å². The molecule has 1 aromatic carbocycles. The summed E-state index contributed by atoms with van der Waals surface area (Å²) in [5.41, 5.74) is 3.05. The molecule has 16 heavy (non-hydrogen) atoms. The largest absolute Gasteiger partial charge is 0.220 e. The molecule has 3 rings (SSSR count). The molecule has 0 saturated heterocycles. The van der Waals surface area contributed by atoms with Crippen molar-refractivity contribution in [3.63, 3.8) is 0 Å². The number of hydrogen-bond acceptors (Lipinski definition) is 3. The molecule has 0 N–H and O–H groups in total. The Morgan fingerprint density at radius 3 is 2.69 bits per heavy atom. The maximum atomic E-state index is 4.15. The van der Waals surface area contributed by atoms with Crippen LogP contribution in [0.1, 0.15) is 0 Å². The lowest BCUT2D eigenvalue weighted by Crippen LogP contribution is -1.93. The van der Waals surface area contributed by atoms with Gasteiger partial charge in [0, 0.05) is 10.9 Å². The van der Waals surface area contributed by atoms with Crippen LogP contribution in [0.15, 0.2) is 53.4 Å². The van der Waals surface area contributed by atoms with Gasteiger partial charge in [0.2, 0.25) is 0 Å². The van der Waals surface area contributed by atoms with Gasteiger partial charge >= 0.3 is 0 Å². The molecule has 0 aliphatic rings. The first-order valence-electron chi connectivity index (χ1n) is 4.94. The van der Waals surface area contributed by atoms with E-state index >= 15 is 0 Å². The second kappa shape index (κ2) is 3.90. The van der Waals surface area contributed by atoms with Crippen molar-refractivity contribution in [3.05, 3.63) is 53.4 Å². The topological polar surface area (TPSA) is 30.7 Å². The Kier molecular flexibility index (Phi) is 2.27.